The van der Waals surface area contributed by atoms with Crippen molar-refractivity contribution < 1.29 is 4.74 Å². The van der Waals surface area contributed by atoms with Crippen molar-refractivity contribution >= 4 is 17.0 Å². The summed E-state index contributed by atoms with van der Waals surface area (Å²) in [5.41, 5.74) is 3.21. The Hall–Kier alpha value is -2.77. The summed E-state index contributed by atoms with van der Waals surface area (Å²) in [7, 11) is 1.68. The van der Waals surface area contributed by atoms with Crippen LogP contribution in [0.2, 0.25) is 0 Å². The van der Waals surface area contributed by atoms with Crippen molar-refractivity contribution in [2.24, 2.45) is 0 Å². The van der Waals surface area contributed by atoms with Crippen LogP contribution < -0.4 is 4.74 Å². The van der Waals surface area contributed by atoms with E-state index >= 15 is 0 Å². The quantitative estimate of drug-likeness (QED) is 0.497. The Bertz CT molecular complexity index is 1110. The second-order valence-corrected chi connectivity index (χ2v) is 8.36. The maximum absolute atomic E-state index is 5.42. The fourth-order valence-corrected chi connectivity index (χ4v) is 4.76. The van der Waals surface area contributed by atoms with Crippen LogP contribution >= 0.6 is 11.3 Å². The molecule has 1 aliphatic heterocycles. The lowest BCUT2D eigenvalue weighted by atomic mass is 9.97. The Kier molecular flexibility index (Phi) is 4.99. The second-order valence-electron chi connectivity index (χ2n) is 7.41. The summed E-state index contributed by atoms with van der Waals surface area (Å²) in [5, 5.41) is 6.93. The van der Waals surface area contributed by atoms with Gasteiger partial charge in [-0.1, -0.05) is 12.1 Å². The molecule has 4 aromatic rings. The van der Waals surface area contributed by atoms with Gasteiger partial charge in [0.1, 0.15) is 0 Å². The lowest BCUT2D eigenvalue weighted by Crippen LogP contribution is -2.34. The highest BCUT2D eigenvalue weighted by atomic mass is 32.1. The average Bonchev–Trinajstić information content (AvgIpc) is 3.44. The van der Waals surface area contributed by atoms with Crippen LogP contribution in [0.25, 0.3) is 16.1 Å². The lowest BCUT2D eigenvalue weighted by Gasteiger charge is -2.31. The van der Waals surface area contributed by atoms with E-state index in [9.17, 15) is 0 Å². The molecule has 148 valence electrons. The van der Waals surface area contributed by atoms with E-state index in [2.05, 4.69) is 51.8 Å². The monoisotopic (exact) mass is 405 g/mol. The highest BCUT2D eigenvalue weighted by Crippen LogP contribution is 2.29. The molecule has 0 radical (unpaired) electrons. The van der Waals surface area contributed by atoms with E-state index < -0.39 is 0 Å². The maximum atomic E-state index is 5.42. The van der Waals surface area contributed by atoms with Crippen LogP contribution in [-0.2, 0) is 6.54 Å². The van der Waals surface area contributed by atoms with Gasteiger partial charge >= 0.3 is 0 Å². The van der Waals surface area contributed by atoms with E-state index in [1.54, 1.807) is 24.6 Å². The van der Waals surface area contributed by atoms with Crippen LogP contribution in [0, 0.1) is 0 Å². The molecule has 0 saturated carbocycles. The van der Waals surface area contributed by atoms with Crippen LogP contribution in [0.3, 0.4) is 0 Å². The average molecular weight is 406 g/mol. The fraction of sp³-hybridized carbons (Fsp3) is 0.318. The Morgan fingerprint density at radius 3 is 3.03 bits per heavy atom. The summed E-state index contributed by atoms with van der Waals surface area (Å²) >= 11 is 1.74. The van der Waals surface area contributed by atoms with Crippen molar-refractivity contribution in [3.8, 4) is 16.3 Å². The molecule has 0 spiro atoms. The highest BCUT2D eigenvalue weighted by molar-refractivity contribution is 7.13. The molecule has 0 bridgehead atoms. The number of fused-ring (bicyclic) bond motifs is 1. The summed E-state index contributed by atoms with van der Waals surface area (Å²) < 4.78 is 7.34. The number of ether oxygens (including phenoxy) is 1. The van der Waals surface area contributed by atoms with Gasteiger partial charge < -0.3 is 4.74 Å². The van der Waals surface area contributed by atoms with Gasteiger partial charge in [0, 0.05) is 47.4 Å². The molecule has 1 atom stereocenters. The van der Waals surface area contributed by atoms with Gasteiger partial charge in [0.15, 0.2) is 11.5 Å². The Labute approximate surface area is 173 Å². The number of rotatable bonds is 5. The minimum absolute atomic E-state index is 0.344. The third-order valence-corrected chi connectivity index (χ3v) is 6.38. The smallest absolute Gasteiger partial charge is 0.217 e. The molecular formula is C22H23N5OS. The predicted octanol–water partition coefficient (Wildman–Crippen LogP) is 4.24. The van der Waals surface area contributed by atoms with Crippen molar-refractivity contribution in [3.63, 3.8) is 0 Å². The molecule has 0 amide bonds. The summed E-state index contributed by atoms with van der Waals surface area (Å²) in [6, 6.07) is 12.5. The van der Waals surface area contributed by atoms with Gasteiger partial charge in [0.25, 0.3) is 0 Å². The molecule has 29 heavy (non-hydrogen) atoms. The largest absolute Gasteiger partial charge is 0.481 e. The van der Waals surface area contributed by atoms with Crippen LogP contribution in [0.5, 0.6) is 5.88 Å². The highest BCUT2D eigenvalue weighted by Gasteiger charge is 2.25. The predicted molar refractivity (Wildman–Crippen MR) is 114 cm³/mol. The number of methoxy groups -OCH3 is 1. The van der Waals surface area contributed by atoms with Gasteiger partial charge in [0.05, 0.1) is 7.11 Å². The summed E-state index contributed by atoms with van der Waals surface area (Å²) in [6.07, 6.45) is 6.11. The van der Waals surface area contributed by atoms with Crippen molar-refractivity contribution in [2.75, 3.05) is 20.2 Å². The van der Waals surface area contributed by atoms with E-state index in [4.69, 9.17) is 14.8 Å². The summed E-state index contributed by atoms with van der Waals surface area (Å²) in [4.78, 5) is 12.9. The topological polar surface area (TPSA) is 55.5 Å². The standard InChI is InChI=1S/C22H23N5OS/c1-28-22-18(5-2-10-23-22)14-26-11-3-6-17(13-26)21-24-20-9-8-16(15-27(20)25-21)19-7-4-12-29-19/h2,4-5,7-10,12,15,17H,3,6,11,13-14H2,1H3. The van der Waals surface area contributed by atoms with Gasteiger partial charge in [-0.3, -0.25) is 4.90 Å². The Balaban J connectivity index is 1.35. The maximum Gasteiger partial charge on any atom is 0.217 e. The van der Waals surface area contributed by atoms with Crippen molar-refractivity contribution in [1.29, 1.82) is 0 Å². The first-order valence-corrected chi connectivity index (χ1v) is 10.8. The minimum atomic E-state index is 0.344. The van der Waals surface area contributed by atoms with E-state index in [1.165, 1.54) is 10.4 Å². The normalized spacial score (nSPS) is 17.6. The van der Waals surface area contributed by atoms with Crippen LogP contribution in [0.1, 0.15) is 30.1 Å². The number of thiophene rings is 1. The number of likely N-dealkylation sites (tertiary alicyclic amines) is 1. The first-order chi connectivity index (χ1) is 14.3. The number of nitrogens with zero attached hydrogens (tertiary/aromatic N) is 5. The van der Waals surface area contributed by atoms with E-state index in [0.29, 0.717) is 11.8 Å². The first-order valence-electron chi connectivity index (χ1n) is 9.90. The Morgan fingerprint density at radius 2 is 2.17 bits per heavy atom. The minimum Gasteiger partial charge on any atom is -0.481 e. The van der Waals surface area contributed by atoms with Crippen molar-refractivity contribution in [2.45, 2.75) is 25.3 Å². The zero-order chi connectivity index (χ0) is 19.6. The fourth-order valence-electron chi connectivity index (χ4n) is 4.04. The molecule has 0 aliphatic carbocycles. The van der Waals surface area contributed by atoms with Gasteiger partial charge in [-0.2, -0.15) is 5.10 Å². The molecule has 0 N–H and O–H groups in total. The van der Waals surface area contributed by atoms with Gasteiger partial charge in [-0.15, -0.1) is 11.3 Å². The lowest BCUT2D eigenvalue weighted by molar-refractivity contribution is 0.194. The van der Waals surface area contributed by atoms with Gasteiger partial charge in [-0.05, 0) is 49.0 Å². The molecule has 1 aliphatic rings. The molecular weight excluding hydrogens is 382 g/mol. The molecule has 6 nitrogen and oxygen atoms in total. The van der Waals surface area contributed by atoms with E-state index in [1.807, 2.05) is 10.6 Å². The molecule has 5 rings (SSSR count). The number of aromatic nitrogens is 4. The van der Waals surface area contributed by atoms with E-state index in [0.717, 1.165) is 49.5 Å². The van der Waals surface area contributed by atoms with Crippen LogP contribution in [-0.4, -0.2) is 44.7 Å². The van der Waals surface area contributed by atoms with Gasteiger partial charge in [-0.25, -0.2) is 14.5 Å². The number of hydrogen-bond donors (Lipinski definition) is 0. The molecule has 5 heterocycles. The first kappa shape index (κ1) is 18.3. The number of pyridine rings is 2. The summed E-state index contributed by atoms with van der Waals surface area (Å²) in [6.45, 7) is 2.86. The van der Waals surface area contributed by atoms with Crippen LogP contribution in [0.4, 0.5) is 0 Å². The third-order valence-electron chi connectivity index (χ3n) is 5.46. The van der Waals surface area contributed by atoms with Gasteiger partial charge in [0.2, 0.25) is 5.88 Å². The zero-order valence-corrected chi connectivity index (χ0v) is 17.2. The molecule has 1 unspecified atom stereocenters. The second kappa shape index (κ2) is 7.93. The molecule has 0 aromatic carbocycles. The molecule has 1 fully saturated rings. The number of hydrogen-bond acceptors (Lipinski definition) is 6. The SMILES string of the molecule is COc1ncccc1CN1CCCC(c2nc3ccc(-c4cccs4)cn3n2)C1. The van der Waals surface area contributed by atoms with Crippen molar-refractivity contribution in [1.82, 2.24) is 24.5 Å². The molecule has 1 saturated heterocycles. The van der Waals surface area contributed by atoms with Crippen LogP contribution in [0.15, 0.2) is 54.2 Å². The number of piperidine rings is 1. The Morgan fingerprint density at radius 1 is 1.21 bits per heavy atom. The third kappa shape index (κ3) is 3.75. The van der Waals surface area contributed by atoms with E-state index in [-0.39, 0.29) is 0 Å². The summed E-state index contributed by atoms with van der Waals surface area (Å²) in [5.74, 6) is 1.99. The van der Waals surface area contributed by atoms with Crippen molar-refractivity contribution in [3.05, 3.63) is 65.6 Å². The zero-order valence-electron chi connectivity index (χ0n) is 16.4. The molecule has 7 heteroatoms. The molecule has 4 aromatic heterocycles.